The summed E-state index contributed by atoms with van der Waals surface area (Å²) in [4.78, 5) is 27.5. The highest BCUT2D eigenvalue weighted by atomic mass is 16.7. The lowest BCUT2D eigenvalue weighted by Crippen LogP contribution is -2.62. The first-order chi connectivity index (χ1) is 30.9. The topological polar surface area (TPSA) is 375 Å². The van der Waals surface area contributed by atoms with E-state index in [-0.39, 0.29) is 17.1 Å². The van der Waals surface area contributed by atoms with Crippen LogP contribution < -0.4 is 14.9 Å². The van der Waals surface area contributed by atoms with Gasteiger partial charge in [0.25, 0.3) is 0 Å². The molecule has 3 fully saturated rings. The number of benzene rings is 3. The van der Waals surface area contributed by atoms with E-state index >= 15 is 0 Å². The summed E-state index contributed by atoms with van der Waals surface area (Å²) in [6.07, 6.45) is -23.8. The fraction of sp³-hybridized carbons (Fsp3) is 0.429. The van der Waals surface area contributed by atoms with E-state index in [1.54, 1.807) is 0 Å². The molecule has 352 valence electrons. The van der Waals surface area contributed by atoms with E-state index < -0.39 is 156 Å². The van der Waals surface area contributed by atoms with Gasteiger partial charge in [-0.25, -0.2) is 4.79 Å². The van der Waals surface area contributed by atoms with Gasteiger partial charge < -0.3 is 104 Å². The van der Waals surface area contributed by atoms with Crippen molar-refractivity contribution in [2.75, 3.05) is 13.2 Å². The molecule has 0 spiro atoms. The van der Waals surface area contributed by atoms with Gasteiger partial charge in [0.1, 0.15) is 89.3 Å². The van der Waals surface area contributed by atoms with Crippen LogP contribution in [0.25, 0.3) is 28.4 Å². The van der Waals surface area contributed by atoms with Crippen molar-refractivity contribution in [2.45, 2.75) is 99.0 Å². The molecule has 3 saturated heterocycles. The molecule has 7 rings (SSSR count). The van der Waals surface area contributed by atoms with E-state index in [1.807, 2.05) is 0 Å². The van der Waals surface area contributed by atoms with Crippen molar-refractivity contribution in [3.8, 4) is 45.8 Å². The minimum Gasteiger partial charge on any atom is -0.508 e. The summed E-state index contributed by atoms with van der Waals surface area (Å²) in [5.74, 6) is -4.96. The van der Waals surface area contributed by atoms with Gasteiger partial charge in [-0.1, -0.05) is 12.1 Å². The standard InChI is InChI=1S/C42H46O23/c1-15-28(49)31(52)34(55)40(59-15)58-14-25-38(64-26(48)9-4-16-2-6-18(44)7-3-16)33(54)36(57)42(63-25)65-39-30(51)27-22(47)11-19(60-41-35(56)32(53)29(50)24(13-43)62-41)12-23(27)61-37(39)17-5-8-20(45)21(46)10-17/h2-12,15,24-25,28-29,31-36,38,40-47,49-50,52-57H,13-14H2,1H3/b9-4+/t15-,24+,25+,28-,29+,31+,32-,33+,34+,35+,36+,38-,40+,41+,42-/m0/s1. The fourth-order valence-electron chi connectivity index (χ4n) is 7.25. The Bertz CT molecular complexity index is 2400. The number of aromatic hydroxyl groups is 4. The Morgan fingerprint density at radius 3 is 2.02 bits per heavy atom. The lowest BCUT2D eigenvalue weighted by atomic mass is 9.98. The first-order valence-electron chi connectivity index (χ1n) is 19.9. The number of fused-ring (bicyclic) bond motifs is 1. The smallest absolute Gasteiger partial charge is 0.331 e. The van der Waals surface area contributed by atoms with Crippen LogP contribution in [0.15, 0.2) is 69.9 Å². The van der Waals surface area contributed by atoms with E-state index in [2.05, 4.69) is 0 Å². The van der Waals surface area contributed by atoms with Crippen LogP contribution in [0, 0.1) is 0 Å². The van der Waals surface area contributed by atoms with Crippen molar-refractivity contribution < 1.29 is 109 Å². The third-order valence-corrected chi connectivity index (χ3v) is 10.9. The SMILES string of the molecule is C[C@@H]1O[C@@H](OC[C@H]2O[C@@H](Oc3c(-c4ccc(O)c(O)c4)oc4cc(O[C@@H]5O[C@H](CO)[C@@H](O)[C@H](O)[C@H]5O)cc(O)c4c3=O)[C@H](O)[C@@H](O)[C@H]2OC(=O)/C=C/c2ccc(O)cc2)[C@H](O)[C@H](O)[C@H]1O. The number of hydrogen-bond acceptors (Lipinski definition) is 23. The molecule has 4 heterocycles. The Morgan fingerprint density at radius 1 is 0.677 bits per heavy atom. The van der Waals surface area contributed by atoms with E-state index in [0.29, 0.717) is 5.56 Å². The number of carbonyl (C=O) groups is 1. The number of rotatable bonds is 12. The number of aliphatic hydroxyl groups is 9. The maximum atomic E-state index is 14.4. The van der Waals surface area contributed by atoms with Crippen molar-refractivity contribution in [3.05, 3.63) is 76.5 Å². The molecule has 3 aromatic carbocycles. The molecule has 15 atom stereocenters. The Labute approximate surface area is 365 Å². The molecule has 13 N–H and O–H groups in total. The molecule has 1 aromatic heterocycles. The molecule has 0 amide bonds. The maximum Gasteiger partial charge on any atom is 0.331 e. The molecule has 0 saturated carbocycles. The van der Waals surface area contributed by atoms with Crippen molar-refractivity contribution in [1.82, 2.24) is 0 Å². The molecule has 23 heteroatoms. The van der Waals surface area contributed by atoms with Crippen LogP contribution in [0.3, 0.4) is 0 Å². The predicted molar refractivity (Wildman–Crippen MR) is 214 cm³/mol. The number of aliphatic hydroxyl groups excluding tert-OH is 9. The summed E-state index contributed by atoms with van der Waals surface area (Å²) in [5, 5.41) is 135. The van der Waals surface area contributed by atoms with Gasteiger partial charge >= 0.3 is 5.97 Å². The number of ether oxygens (including phenoxy) is 7. The summed E-state index contributed by atoms with van der Waals surface area (Å²) in [6.45, 7) is -0.145. The van der Waals surface area contributed by atoms with Crippen LogP contribution in [0.2, 0.25) is 0 Å². The molecule has 0 bridgehead atoms. The van der Waals surface area contributed by atoms with Gasteiger partial charge in [0.15, 0.2) is 29.7 Å². The fourth-order valence-corrected chi connectivity index (χ4v) is 7.25. The molecule has 65 heavy (non-hydrogen) atoms. The Hall–Kier alpha value is -5.64. The Morgan fingerprint density at radius 2 is 1.32 bits per heavy atom. The zero-order valence-electron chi connectivity index (χ0n) is 33.8. The van der Waals surface area contributed by atoms with Gasteiger partial charge in [0, 0.05) is 23.8 Å². The maximum absolute atomic E-state index is 14.4. The van der Waals surface area contributed by atoms with Gasteiger partial charge in [-0.3, -0.25) is 4.79 Å². The van der Waals surface area contributed by atoms with E-state index in [0.717, 1.165) is 30.3 Å². The lowest BCUT2D eigenvalue weighted by molar-refractivity contribution is -0.319. The first-order valence-corrected chi connectivity index (χ1v) is 19.9. The zero-order chi connectivity index (χ0) is 47.0. The predicted octanol–water partition coefficient (Wildman–Crippen LogP) is -2.24. The highest BCUT2D eigenvalue weighted by Crippen LogP contribution is 2.40. The summed E-state index contributed by atoms with van der Waals surface area (Å²) in [6, 6.07) is 10.8. The average Bonchev–Trinajstić information content (AvgIpc) is 3.28. The van der Waals surface area contributed by atoms with Gasteiger partial charge in [-0.2, -0.15) is 0 Å². The molecule has 0 aliphatic carbocycles. The van der Waals surface area contributed by atoms with Crippen molar-refractivity contribution in [1.29, 1.82) is 0 Å². The third-order valence-electron chi connectivity index (χ3n) is 10.9. The van der Waals surface area contributed by atoms with Gasteiger partial charge in [-0.15, -0.1) is 0 Å². The van der Waals surface area contributed by atoms with Gasteiger partial charge in [-0.05, 0) is 48.9 Å². The molecular formula is C42H46O23. The highest BCUT2D eigenvalue weighted by Gasteiger charge is 2.50. The number of phenolic OH excluding ortho intramolecular Hbond substituents is 4. The number of carbonyl (C=O) groups excluding carboxylic acids is 1. The quantitative estimate of drug-likeness (QED) is 0.0406. The number of esters is 1. The zero-order valence-corrected chi connectivity index (χ0v) is 33.8. The second-order valence-electron chi connectivity index (χ2n) is 15.4. The van der Waals surface area contributed by atoms with Crippen LogP contribution >= 0.6 is 0 Å². The van der Waals surface area contributed by atoms with Crippen LogP contribution in [-0.4, -0.2) is 178 Å². The lowest BCUT2D eigenvalue weighted by Gasteiger charge is -2.43. The average molecular weight is 919 g/mol. The molecule has 3 aliphatic heterocycles. The summed E-state index contributed by atoms with van der Waals surface area (Å²) in [7, 11) is 0. The molecule has 0 unspecified atom stereocenters. The molecule has 23 nitrogen and oxygen atoms in total. The first kappa shape index (κ1) is 47.3. The minimum absolute atomic E-state index is 0.0373. The Balaban J connectivity index is 1.23. The van der Waals surface area contributed by atoms with Crippen molar-refractivity contribution in [3.63, 3.8) is 0 Å². The minimum atomic E-state index is -2.17. The van der Waals surface area contributed by atoms with E-state index in [1.165, 1.54) is 43.3 Å². The summed E-state index contributed by atoms with van der Waals surface area (Å²) in [5.41, 5.74) is -1.31. The monoisotopic (exact) mass is 918 g/mol. The summed E-state index contributed by atoms with van der Waals surface area (Å²) < 4.78 is 45.5. The third kappa shape index (κ3) is 9.83. The normalized spacial score (nSPS) is 32.9. The van der Waals surface area contributed by atoms with Crippen LogP contribution in [0.4, 0.5) is 0 Å². The molecular weight excluding hydrogens is 872 g/mol. The highest BCUT2D eigenvalue weighted by molar-refractivity contribution is 5.89. The van der Waals surface area contributed by atoms with Crippen LogP contribution in [-0.2, 0) is 28.5 Å². The molecule has 4 aromatic rings. The summed E-state index contributed by atoms with van der Waals surface area (Å²) >= 11 is 0. The second-order valence-corrected chi connectivity index (χ2v) is 15.4. The Kier molecular flexibility index (Phi) is 14.2. The van der Waals surface area contributed by atoms with Crippen LogP contribution in [0.5, 0.6) is 34.5 Å². The van der Waals surface area contributed by atoms with E-state index in [9.17, 15) is 76.0 Å². The number of phenols is 4. The van der Waals surface area contributed by atoms with Gasteiger partial charge in [0.2, 0.25) is 23.8 Å². The van der Waals surface area contributed by atoms with Gasteiger partial charge in [0.05, 0.1) is 19.3 Å². The number of hydrogen-bond donors (Lipinski definition) is 13. The largest absolute Gasteiger partial charge is 0.508 e. The molecule has 3 aliphatic rings. The molecule has 0 radical (unpaired) electrons. The van der Waals surface area contributed by atoms with Crippen molar-refractivity contribution >= 4 is 23.0 Å². The van der Waals surface area contributed by atoms with Crippen LogP contribution in [0.1, 0.15) is 12.5 Å². The van der Waals surface area contributed by atoms with E-state index in [4.69, 9.17) is 37.6 Å². The van der Waals surface area contributed by atoms with Crippen molar-refractivity contribution in [2.24, 2.45) is 0 Å². The second kappa shape index (κ2) is 19.4.